The molecule has 1 rings (SSSR count). The number of aliphatic carboxylic acids is 2. The fourth-order valence-electron chi connectivity index (χ4n) is 0.717. The topological polar surface area (TPSA) is 135 Å². The monoisotopic (exact) mass is 245 g/mol. The molecule has 0 spiro atoms. The molecule has 0 radical (unpaired) electrons. The molecule has 4 N–H and O–H groups in total. The second-order valence-corrected chi connectivity index (χ2v) is 3.35. The van der Waals surface area contributed by atoms with Crippen LogP contribution >= 0.6 is 11.3 Å². The van der Waals surface area contributed by atoms with Crippen LogP contribution in [0.1, 0.15) is 5.01 Å². The van der Waals surface area contributed by atoms with Gasteiger partial charge in [0.1, 0.15) is 5.82 Å². The minimum Gasteiger partial charge on any atom is -0.479 e. The van der Waals surface area contributed by atoms with Gasteiger partial charge >= 0.3 is 11.9 Å². The van der Waals surface area contributed by atoms with Crippen molar-refractivity contribution >= 4 is 34.8 Å². The Bertz CT molecular complexity index is 441. The van der Waals surface area contributed by atoms with Crippen molar-refractivity contribution in [2.75, 3.05) is 12.3 Å². The van der Waals surface area contributed by atoms with Crippen LogP contribution in [0.25, 0.3) is 0 Å². The Labute approximate surface area is 93.0 Å². The van der Waals surface area contributed by atoms with Gasteiger partial charge in [-0.3, -0.25) is 0 Å². The molecule has 0 bridgehead atoms. The summed E-state index contributed by atoms with van der Waals surface area (Å²) in [6, 6.07) is 0. The van der Waals surface area contributed by atoms with Crippen LogP contribution in [0.3, 0.4) is 0 Å². The molecule has 0 aromatic carbocycles. The Balaban J connectivity index is 2.83. The van der Waals surface area contributed by atoms with Gasteiger partial charge < -0.3 is 20.8 Å². The number of nitrogens with two attached hydrogens (primary N) is 1. The zero-order valence-electron chi connectivity index (χ0n) is 7.78. The summed E-state index contributed by atoms with van der Waals surface area (Å²) < 4.78 is 0. The molecule has 1 heterocycles. The van der Waals surface area contributed by atoms with Crippen LogP contribution in [0, 0.1) is 0 Å². The number of rotatable bonds is 5. The van der Waals surface area contributed by atoms with Crippen molar-refractivity contribution in [1.29, 1.82) is 0 Å². The van der Waals surface area contributed by atoms with Gasteiger partial charge in [-0.25, -0.2) is 14.6 Å². The summed E-state index contributed by atoms with van der Waals surface area (Å²) in [4.78, 5) is 28.9. The standard InChI is InChI=1S/C7H7N3O5S/c8-3-2-16-6(9-3)5(7(13)14)10-15-1-4(11)12/h2H,1,8H2,(H,11,12)(H,13,14). The number of carboxylic acid groups (broad SMARTS) is 2. The molecule has 1 aromatic heterocycles. The van der Waals surface area contributed by atoms with Gasteiger partial charge in [0.2, 0.25) is 12.3 Å². The number of oxime groups is 1. The van der Waals surface area contributed by atoms with Crippen molar-refractivity contribution in [2.45, 2.75) is 0 Å². The Morgan fingerprint density at radius 1 is 1.56 bits per heavy atom. The van der Waals surface area contributed by atoms with Crippen LogP contribution in [0.2, 0.25) is 0 Å². The van der Waals surface area contributed by atoms with Crippen molar-refractivity contribution in [3.63, 3.8) is 0 Å². The summed E-state index contributed by atoms with van der Waals surface area (Å²) >= 11 is 0.970. The lowest BCUT2D eigenvalue weighted by atomic mass is 10.4. The molecule has 0 amide bonds. The van der Waals surface area contributed by atoms with Crippen LogP contribution in [0.5, 0.6) is 0 Å². The molecule has 1 aromatic rings. The largest absolute Gasteiger partial charge is 0.479 e. The van der Waals surface area contributed by atoms with E-state index in [9.17, 15) is 9.59 Å². The number of nitrogens with zero attached hydrogens (tertiary/aromatic N) is 2. The highest BCUT2D eigenvalue weighted by atomic mass is 32.1. The molecule has 16 heavy (non-hydrogen) atoms. The van der Waals surface area contributed by atoms with Crippen molar-refractivity contribution in [3.05, 3.63) is 10.4 Å². The predicted molar refractivity (Wildman–Crippen MR) is 54.3 cm³/mol. The third-order valence-electron chi connectivity index (χ3n) is 1.27. The quantitative estimate of drug-likeness (QED) is 0.475. The molecule has 0 fully saturated rings. The molecule has 0 saturated heterocycles. The van der Waals surface area contributed by atoms with Gasteiger partial charge in [-0.2, -0.15) is 0 Å². The van der Waals surface area contributed by atoms with Crippen LogP contribution < -0.4 is 5.73 Å². The number of hydrogen-bond acceptors (Lipinski definition) is 7. The van der Waals surface area contributed by atoms with E-state index in [0.717, 1.165) is 11.3 Å². The normalized spacial score (nSPS) is 11.1. The fourth-order valence-corrected chi connectivity index (χ4v) is 1.40. The van der Waals surface area contributed by atoms with Crippen LogP contribution in [-0.2, 0) is 14.4 Å². The van der Waals surface area contributed by atoms with Crippen molar-refractivity contribution in [2.24, 2.45) is 5.16 Å². The van der Waals surface area contributed by atoms with E-state index < -0.39 is 24.3 Å². The number of carboxylic acids is 2. The summed E-state index contributed by atoms with van der Waals surface area (Å²) in [6.45, 7) is -0.725. The lowest BCUT2D eigenvalue weighted by Crippen LogP contribution is -2.16. The molecule has 0 aliphatic heterocycles. The minimum atomic E-state index is -1.38. The summed E-state index contributed by atoms with van der Waals surface area (Å²) in [7, 11) is 0. The average Bonchev–Trinajstić information content (AvgIpc) is 2.58. The van der Waals surface area contributed by atoms with E-state index in [1.54, 1.807) is 0 Å². The second-order valence-electron chi connectivity index (χ2n) is 2.49. The lowest BCUT2D eigenvalue weighted by molar-refractivity contribution is -0.142. The van der Waals surface area contributed by atoms with E-state index in [2.05, 4.69) is 15.0 Å². The summed E-state index contributed by atoms with van der Waals surface area (Å²) in [5, 5.41) is 21.7. The minimum absolute atomic E-state index is 0.0513. The van der Waals surface area contributed by atoms with Crippen LogP contribution in [-0.4, -0.2) is 39.5 Å². The van der Waals surface area contributed by atoms with Crippen LogP contribution in [0.4, 0.5) is 5.82 Å². The third kappa shape index (κ3) is 3.20. The van der Waals surface area contributed by atoms with E-state index >= 15 is 0 Å². The molecule has 0 saturated carbocycles. The number of carbonyl (C=O) groups is 2. The molecular formula is C7H7N3O5S. The van der Waals surface area contributed by atoms with Gasteiger partial charge in [-0.05, 0) is 0 Å². The Morgan fingerprint density at radius 2 is 2.25 bits per heavy atom. The maximum absolute atomic E-state index is 10.8. The first-order valence-electron chi connectivity index (χ1n) is 3.87. The maximum atomic E-state index is 10.8. The summed E-state index contributed by atoms with van der Waals surface area (Å²) in [5.41, 5.74) is 4.83. The highest BCUT2D eigenvalue weighted by Crippen LogP contribution is 2.12. The Hall–Kier alpha value is -2.16. The van der Waals surface area contributed by atoms with Crippen molar-refractivity contribution in [1.82, 2.24) is 4.98 Å². The van der Waals surface area contributed by atoms with Gasteiger partial charge in [-0.1, -0.05) is 5.16 Å². The fraction of sp³-hybridized carbons (Fsp3) is 0.143. The molecule has 8 nitrogen and oxygen atoms in total. The van der Waals surface area contributed by atoms with Crippen LogP contribution in [0.15, 0.2) is 10.5 Å². The number of nitrogen functional groups attached to an aromatic ring is 1. The molecule has 9 heteroatoms. The second kappa shape index (κ2) is 5.07. The summed E-state index contributed by atoms with van der Waals surface area (Å²) in [5.74, 6) is -2.47. The maximum Gasteiger partial charge on any atom is 0.361 e. The first-order chi connectivity index (χ1) is 7.50. The third-order valence-corrected chi connectivity index (χ3v) is 2.14. The van der Waals surface area contributed by atoms with Gasteiger partial charge in [0.25, 0.3) is 0 Å². The Morgan fingerprint density at radius 3 is 2.69 bits per heavy atom. The molecule has 0 unspecified atom stereocenters. The van der Waals surface area contributed by atoms with E-state index in [1.165, 1.54) is 5.38 Å². The van der Waals surface area contributed by atoms with Gasteiger partial charge in [0, 0.05) is 5.38 Å². The van der Waals surface area contributed by atoms with E-state index in [0.29, 0.717) is 0 Å². The number of anilines is 1. The zero-order chi connectivity index (χ0) is 12.1. The predicted octanol–water partition coefficient (Wildman–Crippen LogP) is -0.385. The number of aromatic nitrogens is 1. The number of thiazole rings is 1. The first kappa shape index (κ1) is 11.9. The molecular weight excluding hydrogens is 238 g/mol. The van der Waals surface area contributed by atoms with Crippen molar-refractivity contribution < 1.29 is 24.6 Å². The van der Waals surface area contributed by atoms with E-state index in [4.69, 9.17) is 15.9 Å². The molecule has 0 atom stereocenters. The van der Waals surface area contributed by atoms with Gasteiger partial charge in [0.05, 0.1) is 0 Å². The SMILES string of the molecule is Nc1csc(C(=NOCC(=O)O)C(=O)O)n1. The summed E-state index contributed by atoms with van der Waals surface area (Å²) in [6.07, 6.45) is 0. The van der Waals surface area contributed by atoms with Gasteiger partial charge in [0.15, 0.2) is 5.01 Å². The molecule has 0 aliphatic rings. The molecule has 86 valence electrons. The molecule has 0 aliphatic carbocycles. The zero-order valence-corrected chi connectivity index (χ0v) is 8.60. The first-order valence-corrected chi connectivity index (χ1v) is 4.75. The highest BCUT2D eigenvalue weighted by molar-refractivity contribution is 7.13. The average molecular weight is 245 g/mol. The highest BCUT2D eigenvalue weighted by Gasteiger charge is 2.17. The Kier molecular flexibility index (Phi) is 3.78. The van der Waals surface area contributed by atoms with E-state index in [1.807, 2.05) is 0 Å². The lowest BCUT2D eigenvalue weighted by Gasteiger charge is -1.97. The smallest absolute Gasteiger partial charge is 0.361 e. The van der Waals surface area contributed by atoms with Gasteiger partial charge in [-0.15, -0.1) is 11.3 Å². The van der Waals surface area contributed by atoms with E-state index in [-0.39, 0.29) is 10.8 Å². The van der Waals surface area contributed by atoms with Crippen molar-refractivity contribution in [3.8, 4) is 0 Å². The number of hydrogen-bond donors (Lipinski definition) is 3.